The highest BCUT2D eigenvalue weighted by molar-refractivity contribution is 7.07. The number of allylic oxidation sites excluding steroid dienone is 1. The Morgan fingerprint density at radius 2 is 2.38 bits per heavy atom. The Labute approximate surface area is 84.5 Å². The molecule has 0 saturated heterocycles. The lowest BCUT2D eigenvalue weighted by molar-refractivity contribution is 0.653. The SMILES string of the molecule is C=CCCCNCCc1ccsc1. The van der Waals surface area contributed by atoms with Gasteiger partial charge < -0.3 is 5.32 Å². The third-order valence-electron chi connectivity index (χ3n) is 1.93. The molecule has 0 aliphatic carbocycles. The van der Waals surface area contributed by atoms with Gasteiger partial charge in [0, 0.05) is 0 Å². The lowest BCUT2D eigenvalue weighted by Crippen LogP contribution is -2.18. The number of nitrogens with one attached hydrogen (secondary N) is 1. The summed E-state index contributed by atoms with van der Waals surface area (Å²) in [6, 6.07) is 2.19. The molecule has 0 aromatic carbocycles. The van der Waals surface area contributed by atoms with Gasteiger partial charge in [-0.05, 0) is 54.7 Å². The summed E-state index contributed by atoms with van der Waals surface area (Å²) in [6.07, 6.45) is 5.44. The van der Waals surface area contributed by atoms with E-state index in [1.165, 1.54) is 12.0 Å². The molecule has 72 valence electrons. The standard InChI is InChI=1S/C11H17NS/c1-2-3-4-7-12-8-5-11-6-9-13-10-11/h2,6,9-10,12H,1,3-5,7-8H2. The van der Waals surface area contributed by atoms with Crippen LogP contribution in [0.5, 0.6) is 0 Å². The van der Waals surface area contributed by atoms with Gasteiger partial charge in [0.05, 0.1) is 0 Å². The van der Waals surface area contributed by atoms with Crippen LogP contribution >= 0.6 is 11.3 Å². The zero-order chi connectivity index (χ0) is 9.36. The average Bonchev–Trinajstić information content (AvgIpc) is 2.63. The first kappa shape index (κ1) is 10.5. The summed E-state index contributed by atoms with van der Waals surface area (Å²) in [6.45, 7) is 5.89. The van der Waals surface area contributed by atoms with Crippen LogP contribution in [0.2, 0.25) is 0 Å². The third-order valence-corrected chi connectivity index (χ3v) is 2.66. The molecule has 0 saturated carbocycles. The van der Waals surface area contributed by atoms with E-state index >= 15 is 0 Å². The summed E-state index contributed by atoms with van der Waals surface area (Å²) >= 11 is 1.77. The largest absolute Gasteiger partial charge is 0.316 e. The summed E-state index contributed by atoms with van der Waals surface area (Å²) in [7, 11) is 0. The van der Waals surface area contributed by atoms with Crippen molar-refractivity contribution in [1.29, 1.82) is 0 Å². The van der Waals surface area contributed by atoms with E-state index in [4.69, 9.17) is 0 Å². The monoisotopic (exact) mass is 195 g/mol. The van der Waals surface area contributed by atoms with Crippen molar-refractivity contribution in [3.05, 3.63) is 35.0 Å². The summed E-state index contributed by atoms with van der Waals surface area (Å²) < 4.78 is 0. The minimum Gasteiger partial charge on any atom is -0.316 e. The van der Waals surface area contributed by atoms with E-state index in [9.17, 15) is 0 Å². The second kappa shape index (κ2) is 6.87. The molecular weight excluding hydrogens is 178 g/mol. The minimum absolute atomic E-state index is 1.09. The Hall–Kier alpha value is -0.600. The minimum atomic E-state index is 1.09. The maximum atomic E-state index is 3.69. The molecule has 1 heterocycles. The molecule has 13 heavy (non-hydrogen) atoms. The molecule has 0 aliphatic heterocycles. The predicted molar refractivity (Wildman–Crippen MR) is 60.3 cm³/mol. The zero-order valence-corrected chi connectivity index (χ0v) is 8.78. The summed E-state index contributed by atoms with van der Waals surface area (Å²) in [4.78, 5) is 0. The maximum Gasteiger partial charge on any atom is -0.000805 e. The smallest absolute Gasteiger partial charge is 0.000805 e. The Morgan fingerprint density at radius 1 is 1.46 bits per heavy atom. The Balaban J connectivity index is 1.93. The zero-order valence-electron chi connectivity index (χ0n) is 7.96. The second-order valence-corrected chi connectivity index (χ2v) is 3.84. The number of rotatable bonds is 7. The Morgan fingerprint density at radius 3 is 3.08 bits per heavy atom. The highest BCUT2D eigenvalue weighted by Crippen LogP contribution is 2.05. The lowest BCUT2D eigenvalue weighted by atomic mass is 10.2. The molecule has 1 aromatic rings. The molecule has 1 aromatic heterocycles. The van der Waals surface area contributed by atoms with Gasteiger partial charge in [0.2, 0.25) is 0 Å². The fourth-order valence-electron chi connectivity index (χ4n) is 1.16. The van der Waals surface area contributed by atoms with E-state index in [-0.39, 0.29) is 0 Å². The van der Waals surface area contributed by atoms with Gasteiger partial charge in [0.15, 0.2) is 0 Å². The summed E-state index contributed by atoms with van der Waals surface area (Å²) in [5.41, 5.74) is 1.45. The van der Waals surface area contributed by atoms with Crippen molar-refractivity contribution >= 4 is 11.3 Å². The molecule has 1 rings (SSSR count). The van der Waals surface area contributed by atoms with Gasteiger partial charge in [-0.3, -0.25) is 0 Å². The fourth-order valence-corrected chi connectivity index (χ4v) is 1.87. The first-order valence-corrected chi connectivity index (χ1v) is 5.70. The molecule has 0 spiro atoms. The number of unbranched alkanes of at least 4 members (excludes halogenated alkanes) is 1. The van der Waals surface area contributed by atoms with Gasteiger partial charge in [0.25, 0.3) is 0 Å². The third kappa shape index (κ3) is 4.86. The first-order chi connectivity index (χ1) is 6.43. The van der Waals surface area contributed by atoms with Crippen LogP contribution in [0.25, 0.3) is 0 Å². The van der Waals surface area contributed by atoms with Crippen LogP contribution in [0.15, 0.2) is 29.5 Å². The highest BCUT2D eigenvalue weighted by Gasteiger charge is 1.91. The number of hydrogen-bond acceptors (Lipinski definition) is 2. The highest BCUT2D eigenvalue weighted by atomic mass is 32.1. The fraction of sp³-hybridized carbons (Fsp3) is 0.455. The molecule has 0 radical (unpaired) electrons. The summed E-state index contributed by atoms with van der Waals surface area (Å²) in [5, 5.41) is 7.76. The molecule has 1 N–H and O–H groups in total. The number of hydrogen-bond donors (Lipinski definition) is 1. The molecule has 0 fully saturated rings. The van der Waals surface area contributed by atoms with Crippen LogP contribution in [0.3, 0.4) is 0 Å². The molecule has 0 bridgehead atoms. The van der Waals surface area contributed by atoms with Crippen LogP contribution in [-0.2, 0) is 6.42 Å². The van der Waals surface area contributed by atoms with Crippen molar-refractivity contribution in [1.82, 2.24) is 5.32 Å². The van der Waals surface area contributed by atoms with Crippen molar-refractivity contribution in [3.63, 3.8) is 0 Å². The van der Waals surface area contributed by atoms with E-state index in [1.807, 2.05) is 6.08 Å². The van der Waals surface area contributed by atoms with Crippen LogP contribution in [0.4, 0.5) is 0 Å². The molecule has 0 amide bonds. The van der Waals surface area contributed by atoms with Crippen molar-refractivity contribution < 1.29 is 0 Å². The van der Waals surface area contributed by atoms with Crippen molar-refractivity contribution in [3.8, 4) is 0 Å². The molecule has 0 aliphatic rings. The average molecular weight is 195 g/mol. The van der Waals surface area contributed by atoms with Gasteiger partial charge >= 0.3 is 0 Å². The van der Waals surface area contributed by atoms with Gasteiger partial charge in [-0.2, -0.15) is 11.3 Å². The molecule has 0 unspecified atom stereocenters. The normalized spacial score (nSPS) is 10.2. The quantitative estimate of drug-likeness (QED) is 0.521. The van der Waals surface area contributed by atoms with E-state index in [2.05, 4.69) is 28.7 Å². The van der Waals surface area contributed by atoms with E-state index in [0.717, 1.165) is 25.9 Å². The van der Waals surface area contributed by atoms with Gasteiger partial charge in [0.1, 0.15) is 0 Å². The second-order valence-electron chi connectivity index (χ2n) is 3.06. The van der Waals surface area contributed by atoms with Gasteiger partial charge in [-0.1, -0.05) is 6.08 Å². The van der Waals surface area contributed by atoms with Crippen LogP contribution < -0.4 is 5.32 Å². The topological polar surface area (TPSA) is 12.0 Å². The van der Waals surface area contributed by atoms with E-state index in [1.54, 1.807) is 11.3 Å². The molecule has 2 heteroatoms. The predicted octanol–water partition coefficient (Wildman–Crippen LogP) is 2.85. The van der Waals surface area contributed by atoms with Crippen molar-refractivity contribution in [2.45, 2.75) is 19.3 Å². The molecule has 1 nitrogen and oxygen atoms in total. The van der Waals surface area contributed by atoms with Crippen LogP contribution in [0, 0.1) is 0 Å². The van der Waals surface area contributed by atoms with Gasteiger partial charge in [-0.15, -0.1) is 6.58 Å². The first-order valence-electron chi connectivity index (χ1n) is 4.76. The van der Waals surface area contributed by atoms with Crippen molar-refractivity contribution in [2.75, 3.05) is 13.1 Å². The summed E-state index contributed by atoms with van der Waals surface area (Å²) in [5.74, 6) is 0. The Bertz CT molecular complexity index is 216. The van der Waals surface area contributed by atoms with Crippen LogP contribution in [0.1, 0.15) is 18.4 Å². The Kier molecular flexibility index (Phi) is 5.54. The molecular formula is C11H17NS. The maximum absolute atomic E-state index is 3.69. The number of thiophene rings is 1. The van der Waals surface area contributed by atoms with E-state index in [0.29, 0.717) is 0 Å². The van der Waals surface area contributed by atoms with Gasteiger partial charge in [-0.25, -0.2) is 0 Å². The molecule has 0 atom stereocenters. The van der Waals surface area contributed by atoms with Crippen LogP contribution in [-0.4, -0.2) is 13.1 Å². The lowest BCUT2D eigenvalue weighted by Gasteiger charge is -2.01. The van der Waals surface area contributed by atoms with Crippen molar-refractivity contribution in [2.24, 2.45) is 0 Å². The van der Waals surface area contributed by atoms with E-state index < -0.39 is 0 Å².